The van der Waals surface area contributed by atoms with Gasteiger partial charge in [-0.3, -0.25) is 0 Å². The Balaban J connectivity index is 2.19. The van der Waals surface area contributed by atoms with Crippen LogP contribution in [-0.2, 0) is 6.54 Å². The first-order valence-corrected chi connectivity index (χ1v) is 8.35. The molecule has 0 fully saturated rings. The third kappa shape index (κ3) is 2.99. The molecule has 1 atom stereocenters. The van der Waals surface area contributed by atoms with Gasteiger partial charge in [-0.25, -0.2) is 4.98 Å². The van der Waals surface area contributed by atoms with Gasteiger partial charge in [-0.05, 0) is 55.2 Å². The summed E-state index contributed by atoms with van der Waals surface area (Å²) in [5.74, 6) is 0.924. The largest absolute Gasteiger partial charge is 0.322 e. The number of rotatable bonds is 4. The van der Waals surface area contributed by atoms with Crippen LogP contribution in [-0.4, -0.2) is 9.55 Å². The molecule has 1 aromatic heterocycles. The number of aryl methyl sites for hydroxylation is 2. The summed E-state index contributed by atoms with van der Waals surface area (Å²) in [5.41, 5.74) is 12.0. The fraction of sp³-hybridized carbons (Fsp3) is 0.316. The van der Waals surface area contributed by atoms with Crippen molar-refractivity contribution < 1.29 is 0 Å². The van der Waals surface area contributed by atoms with E-state index in [1.54, 1.807) is 0 Å². The Morgan fingerprint density at radius 2 is 1.87 bits per heavy atom. The lowest BCUT2D eigenvalue weighted by Gasteiger charge is -2.14. The minimum atomic E-state index is -0.0782. The lowest BCUT2D eigenvalue weighted by molar-refractivity contribution is 0.605. The first-order valence-electron chi connectivity index (χ1n) is 7.97. The molecule has 0 amide bonds. The van der Waals surface area contributed by atoms with Crippen LogP contribution in [0.25, 0.3) is 11.0 Å². The summed E-state index contributed by atoms with van der Waals surface area (Å²) in [7, 11) is 0. The van der Waals surface area contributed by atoms with Gasteiger partial charge in [0.1, 0.15) is 5.82 Å². The van der Waals surface area contributed by atoms with Crippen LogP contribution in [0.3, 0.4) is 0 Å². The molecule has 3 rings (SSSR count). The topological polar surface area (TPSA) is 43.8 Å². The second-order valence-electron chi connectivity index (χ2n) is 6.09. The SMILES string of the molecule is CCC(N)c1nc2cc(C)c(C)cc2n1Cc1ccccc1Cl. The van der Waals surface area contributed by atoms with E-state index in [1.165, 1.54) is 11.1 Å². The first kappa shape index (κ1) is 16.0. The van der Waals surface area contributed by atoms with E-state index in [9.17, 15) is 0 Å². The number of hydrogen-bond acceptors (Lipinski definition) is 2. The monoisotopic (exact) mass is 327 g/mol. The number of benzene rings is 2. The van der Waals surface area contributed by atoms with Crippen LogP contribution >= 0.6 is 11.6 Å². The van der Waals surface area contributed by atoms with E-state index in [1.807, 2.05) is 18.2 Å². The Hall–Kier alpha value is -1.84. The van der Waals surface area contributed by atoms with Crippen molar-refractivity contribution >= 4 is 22.6 Å². The van der Waals surface area contributed by atoms with Gasteiger partial charge in [0.15, 0.2) is 0 Å². The van der Waals surface area contributed by atoms with Gasteiger partial charge in [-0.1, -0.05) is 36.7 Å². The lowest BCUT2D eigenvalue weighted by atomic mass is 10.1. The second kappa shape index (κ2) is 6.34. The molecule has 0 spiro atoms. The molecule has 0 aliphatic rings. The van der Waals surface area contributed by atoms with E-state index >= 15 is 0 Å². The molecule has 0 saturated carbocycles. The van der Waals surface area contributed by atoms with E-state index in [2.05, 4.69) is 43.5 Å². The summed E-state index contributed by atoms with van der Waals surface area (Å²) in [4.78, 5) is 4.81. The van der Waals surface area contributed by atoms with Gasteiger partial charge in [0, 0.05) is 5.02 Å². The highest BCUT2D eigenvalue weighted by Gasteiger charge is 2.17. The highest BCUT2D eigenvalue weighted by atomic mass is 35.5. The summed E-state index contributed by atoms with van der Waals surface area (Å²) in [6, 6.07) is 12.2. The minimum Gasteiger partial charge on any atom is -0.322 e. The zero-order valence-electron chi connectivity index (χ0n) is 13.8. The number of fused-ring (bicyclic) bond motifs is 1. The van der Waals surface area contributed by atoms with Crippen molar-refractivity contribution in [1.82, 2.24) is 9.55 Å². The predicted molar refractivity (Wildman–Crippen MR) is 97.0 cm³/mol. The maximum absolute atomic E-state index is 6.35. The molecule has 0 radical (unpaired) electrons. The predicted octanol–water partition coefficient (Wildman–Crippen LogP) is 4.76. The van der Waals surface area contributed by atoms with Crippen molar-refractivity contribution in [1.29, 1.82) is 0 Å². The molecule has 2 aromatic carbocycles. The zero-order chi connectivity index (χ0) is 16.6. The average molecular weight is 328 g/mol. The number of hydrogen-bond donors (Lipinski definition) is 1. The maximum atomic E-state index is 6.35. The Bertz CT molecular complexity index is 851. The molecular weight excluding hydrogens is 306 g/mol. The fourth-order valence-corrected chi connectivity index (χ4v) is 3.02. The second-order valence-corrected chi connectivity index (χ2v) is 6.49. The molecule has 1 unspecified atom stereocenters. The van der Waals surface area contributed by atoms with Crippen molar-refractivity contribution in [3.05, 3.63) is 63.9 Å². The van der Waals surface area contributed by atoms with Crippen molar-refractivity contribution in [2.24, 2.45) is 5.73 Å². The van der Waals surface area contributed by atoms with Crippen molar-refractivity contribution in [2.75, 3.05) is 0 Å². The molecule has 2 N–H and O–H groups in total. The van der Waals surface area contributed by atoms with E-state index in [0.29, 0.717) is 6.54 Å². The summed E-state index contributed by atoms with van der Waals surface area (Å²) >= 11 is 6.35. The maximum Gasteiger partial charge on any atom is 0.127 e. The van der Waals surface area contributed by atoms with Crippen LogP contribution in [0.5, 0.6) is 0 Å². The van der Waals surface area contributed by atoms with Gasteiger partial charge in [0.2, 0.25) is 0 Å². The number of nitrogens with zero attached hydrogens (tertiary/aromatic N) is 2. The molecular formula is C19H22ClN3. The fourth-order valence-electron chi connectivity index (χ4n) is 2.83. The molecule has 1 heterocycles. The van der Waals surface area contributed by atoms with Crippen molar-refractivity contribution in [3.63, 3.8) is 0 Å². The summed E-state index contributed by atoms with van der Waals surface area (Å²) in [6.45, 7) is 7.00. The van der Waals surface area contributed by atoms with Crippen LogP contribution in [0.2, 0.25) is 5.02 Å². The van der Waals surface area contributed by atoms with Crippen molar-refractivity contribution in [3.8, 4) is 0 Å². The van der Waals surface area contributed by atoms with Crippen LogP contribution in [0.4, 0.5) is 0 Å². The van der Waals surface area contributed by atoms with Gasteiger partial charge >= 0.3 is 0 Å². The van der Waals surface area contributed by atoms with Crippen LogP contribution in [0.15, 0.2) is 36.4 Å². The van der Waals surface area contributed by atoms with Crippen LogP contribution < -0.4 is 5.73 Å². The Kier molecular flexibility index (Phi) is 4.42. The third-order valence-electron chi connectivity index (χ3n) is 4.45. The summed E-state index contributed by atoms with van der Waals surface area (Å²) < 4.78 is 2.21. The Morgan fingerprint density at radius 3 is 2.57 bits per heavy atom. The van der Waals surface area contributed by atoms with Gasteiger partial charge < -0.3 is 10.3 Å². The quantitative estimate of drug-likeness (QED) is 0.750. The van der Waals surface area contributed by atoms with Gasteiger partial charge in [0.05, 0.1) is 23.6 Å². The van der Waals surface area contributed by atoms with Gasteiger partial charge in [-0.15, -0.1) is 0 Å². The van der Waals surface area contributed by atoms with E-state index in [4.69, 9.17) is 22.3 Å². The summed E-state index contributed by atoms with van der Waals surface area (Å²) in [5, 5.41) is 0.772. The molecule has 0 bridgehead atoms. The highest BCUT2D eigenvalue weighted by Crippen LogP contribution is 2.27. The average Bonchev–Trinajstić information content (AvgIpc) is 2.87. The number of nitrogens with two attached hydrogens (primary N) is 1. The molecule has 0 aliphatic heterocycles. The third-order valence-corrected chi connectivity index (χ3v) is 4.82. The van der Waals surface area contributed by atoms with Gasteiger partial charge in [-0.2, -0.15) is 0 Å². The number of halogens is 1. The van der Waals surface area contributed by atoms with E-state index < -0.39 is 0 Å². The Morgan fingerprint density at radius 1 is 1.17 bits per heavy atom. The summed E-state index contributed by atoms with van der Waals surface area (Å²) in [6.07, 6.45) is 0.851. The molecule has 3 aromatic rings. The van der Waals surface area contributed by atoms with Gasteiger partial charge in [0.25, 0.3) is 0 Å². The molecule has 120 valence electrons. The molecule has 0 saturated heterocycles. The molecule has 3 nitrogen and oxygen atoms in total. The molecule has 4 heteroatoms. The van der Waals surface area contributed by atoms with Crippen LogP contribution in [0.1, 0.15) is 41.9 Å². The van der Waals surface area contributed by atoms with E-state index in [-0.39, 0.29) is 6.04 Å². The van der Waals surface area contributed by atoms with E-state index in [0.717, 1.165) is 33.9 Å². The smallest absolute Gasteiger partial charge is 0.127 e. The first-order chi connectivity index (χ1) is 11.0. The number of imidazole rings is 1. The highest BCUT2D eigenvalue weighted by molar-refractivity contribution is 6.31. The Labute approximate surface area is 142 Å². The number of aromatic nitrogens is 2. The molecule has 23 heavy (non-hydrogen) atoms. The van der Waals surface area contributed by atoms with Crippen molar-refractivity contribution in [2.45, 2.75) is 39.8 Å². The normalized spacial score (nSPS) is 12.7. The lowest BCUT2D eigenvalue weighted by Crippen LogP contribution is -2.16. The standard InChI is InChI=1S/C19H22ClN3/c1-4-16(21)19-22-17-9-12(2)13(3)10-18(17)23(19)11-14-7-5-6-8-15(14)20/h5-10,16H,4,11,21H2,1-3H3. The van der Waals surface area contributed by atoms with Crippen LogP contribution in [0, 0.1) is 13.8 Å². The molecule has 0 aliphatic carbocycles. The minimum absolute atomic E-state index is 0.0782. The zero-order valence-corrected chi connectivity index (χ0v) is 14.6.